The van der Waals surface area contributed by atoms with E-state index in [-0.39, 0.29) is 12.4 Å². The number of hydrogen-bond donors (Lipinski definition) is 1. The normalized spacial score (nSPS) is 11.0. The lowest BCUT2D eigenvalue weighted by Gasteiger charge is -2.12. The monoisotopic (exact) mass is 427 g/mol. The van der Waals surface area contributed by atoms with Crippen molar-refractivity contribution in [2.24, 2.45) is 0 Å². The van der Waals surface area contributed by atoms with E-state index in [1.807, 2.05) is 31.2 Å². The molecule has 0 saturated heterocycles. The number of nitrogens with one attached hydrogen (secondary N) is 1. The number of likely N-dealkylation sites (N-methyl/N-ethyl adjacent to an activating group) is 1. The first-order valence-corrected chi connectivity index (χ1v) is 9.58. The molecule has 0 aliphatic carbocycles. The second kappa shape index (κ2) is 9.65. The molecule has 4 nitrogen and oxygen atoms in total. The molecular formula is C20H24Cl3N3O. The zero-order chi connectivity index (χ0) is 18.7. The molecule has 0 unspecified atom stereocenters. The summed E-state index contributed by atoms with van der Waals surface area (Å²) in [6.07, 6.45) is 0.749. The summed E-state index contributed by atoms with van der Waals surface area (Å²) < 4.78 is 7.77. The highest BCUT2D eigenvalue weighted by Gasteiger charge is 2.14. The number of ether oxygens (including phenoxy) is 1. The largest absolute Gasteiger partial charge is 1.00 e. The predicted molar refractivity (Wildman–Crippen MR) is 108 cm³/mol. The molecule has 0 spiro atoms. The molecule has 2 aromatic carbocycles. The fraction of sp³-hybridized carbons (Fsp3) is 0.350. The molecule has 146 valence electrons. The van der Waals surface area contributed by atoms with Gasteiger partial charge >= 0.3 is 0 Å². The standard InChI is InChI=1S/C20H23Cl2N3O.ClH/c1-4-26-15-7-5-14(6-8-15)11-20-23-18-12-16(21)17(22)13-19(18)25(20)10-9-24(2)3;/h5-8,12-13H,4,9-11H2,1-3H3;1H. The van der Waals surface area contributed by atoms with E-state index in [2.05, 4.69) is 30.8 Å². The lowest BCUT2D eigenvalue weighted by molar-refractivity contribution is -0.858. The second-order valence-electron chi connectivity index (χ2n) is 6.65. The Bertz CT molecular complexity index is 892. The first kappa shape index (κ1) is 21.8. The van der Waals surface area contributed by atoms with E-state index in [4.69, 9.17) is 32.9 Å². The Morgan fingerprint density at radius 1 is 1.07 bits per heavy atom. The molecule has 1 aromatic heterocycles. The van der Waals surface area contributed by atoms with Crippen molar-refractivity contribution in [2.45, 2.75) is 19.9 Å². The molecule has 7 heteroatoms. The second-order valence-corrected chi connectivity index (χ2v) is 7.46. The SMILES string of the molecule is CCOc1ccc(Cc2nc3cc(Cl)c(Cl)cc3n2CC[NH+](C)C)cc1.[Cl-]. The smallest absolute Gasteiger partial charge is 0.119 e. The van der Waals surface area contributed by atoms with E-state index in [0.29, 0.717) is 16.7 Å². The molecule has 27 heavy (non-hydrogen) atoms. The summed E-state index contributed by atoms with van der Waals surface area (Å²) in [6, 6.07) is 11.9. The third kappa shape index (κ3) is 5.29. The number of quaternary nitrogens is 1. The van der Waals surface area contributed by atoms with E-state index in [1.165, 1.54) is 10.5 Å². The molecule has 3 rings (SSSR count). The van der Waals surface area contributed by atoms with Crippen molar-refractivity contribution in [1.29, 1.82) is 0 Å². The van der Waals surface area contributed by atoms with Crippen LogP contribution in [-0.2, 0) is 13.0 Å². The number of halogens is 3. The topological polar surface area (TPSA) is 31.5 Å². The van der Waals surface area contributed by atoms with Crippen LogP contribution in [0.2, 0.25) is 10.0 Å². The summed E-state index contributed by atoms with van der Waals surface area (Å²) in [6.45, 7) is 4.54. The van der Waals surface area contributed by atoms with Gasteiger partial charge in [0.05, 0.1) is 54.9 Å². The van der Waals surface area contributed by atoms with Gasteiger partial charge in [-0.1, -0.05) is 35.3 Å². The Hall–Kier alpha value is -1.46. The van der Waals surface area contributed by atoms with Gasteiger partial charge in [0.2, 0.25) is 0 Å². The van der Waals surface area contributed by atoms with E-state index >= 15 is 0 Å². The Balaban J connectivity index is 0.00000261. The van der Waals surface area contributed by atoms with Crippen molar-refractivity contribution >= 4 is 34.2 Å². The summed E-state index contributed by atoms with van der Waals surface area (Å²) in [7, 11) is 4.30. The van der Waals surface area contributed by atoms with Gasteiger partial charge in [0.1, 0.15) is 11.6 Å². The first-order chi connectivity index (χ1) is 12.5. The van der Waals surface area contributed by atoms with Crippen LogP contribution in [0.5, 0.6) is 5.75 Å². The van der Waals surface area contributed by atoms with Crippen molar-refractivity contribution in [1.82, 2.24) is 9.55 Å². The van der Waals surface area contributed by atoms with Crippen LogP contribution in [-0.4, -0.2) is 36.8 Å². The molecule has 0 aliphatic heterocycles. The van der Waals surface area contributed by atoms with Crippen LogP contribution in [0, 0.1) is 0 Å². The quantitative estimate of drug-likeness (QED) is 0.594. The van der Waals surface area contributed by atoms with Crippen molar-refractivity contribution in [2.75, 3.05) is 27.2 Å². The van der Waals surface area contributed by atoms with Crippen LogP contribution >= 0.6 is 23.2 Å². The fourth-order valence-corrected chi connectivity index (χ4v) is 3.26. The molecule has 1 N–H and O–H groups in total. The molecule has 0 radical (unpaired) electrons. The molecule has 3 aromatic rings. The number of benzene rings is 2. The summed E-state index contributed by atoms with van der Waals surface area (Å²) in [4.78, 5) is 6.21. The molecule has 0 amide bonds. The highest BCUT2D eigenvalue weighted by Crippen LogP contribution is 2.29. The van der Waals surface area contributed by atoms with Gasteiger partial charge in [-0.3, -0.25) is 0 Å². The number of hydrogen-bond acceptors (Lipinski definition) is 2. The van der Waals surface area contributed by atoms with Crippen molar-refractivity contribution in [3.63, 3.8) is 0 Å². The zero-order valence-electron chi connectivity index (χ0n) is 15.7. The average Bonchev–Trinajstić information content (AvgIpc) is 2.91. The average molecular weight is 429 g/mol. The fourth-order valence-electron chi connectivity index (χ4n) is 2.94. The Kier molecular flexibility index (Phi) is 7.80. The first-order valence-electron chi connectivity index (χ1n) is 8.83. The van der Waals surface area contributed by atoms with Crippen LogP contribution in [0.25, 0.3) is 11.0 Å². The highest BCUT2D eigenvalue weighted by atomic mass is 35.5. The van der Waals surface area contributed by atoms with Gasteiger partial charge in [-0.05, 0) is 36.8 Å². The van der Waals surface area contributed by atoms with Gasteiger partial charge in [-0.2, -0.15) is 0 Å². The van der Waals surface area contributed by atoms with E-state index in [0.717, 1.165) is 42.1 Å². The Morgan fingerprint density at radius 2 is 1.74 bits per heavy atom. The minimum Gasteiger partial charge on any atom is -1.00 e. The van der Waals surface area contributed by atoms with E-state index in [9.17, 15) is 0 Å². The van der Waals surface area contributed by atoms with E-state index in [1.54, 1.807) is 0 Å². The lowest BCUT2D eigenvalue weighted by atomic mass is 10.1. The number of fused-ring (bicyclic) bond motifs is 1. The maximum atomic E-state index is 6.25. The van der Waals surface area contributed by atoms with Crippen molar-refractivity contribution in [3.05, 3.63) is 57.8 Å². The minimum absolute atomic E-state index is 0. The van der Waals surface area contributed by atoms with Crippen LogP contribution in [0.15, 0.2) is 36.4 Å². The molecule has 0 atom stereocenters. The van der Waals surface area contributed by atoms with Gasteiger partial charge in [0.25, 0.3) is 0 Å². The highest BCUT2D eigenvalue weighted by molar-refractivity contribution is 6.42. The number of aromatic nitrogens is 2. The predicted octanol–water partition coefficient (Wildman–Crippen LogP) is 0.481. The lowest BCUT2D eigenvalue weighted by Crippen LogP contribution is -3.06. The maximum absolute atomic E-state index is 6.25. The Labute approximate surface area is 176 Å². The minimum atomic E-state index is 0. The number of nitrogens with zero attached hydrogens (tertiary/aromatic N) is 2. The van der Waals surface area contributed by atoms with Gasteiger partial charge in [0, 0.05) is 6.42 Å². The van der Waals surface area contributed by atoms with Crippen LogP contribution in [0.4, 0.5) is 0 Å². The van der Waals surface area contributed by atoms with E-state index < -0.39 is 0 Å². The molecule has 0 fully saturated rings. The zero-order valence-corrected chi connectivity index (χ0v) is 18.0. The summed E-state index contributed by atoms with van der Waals surface area (Å²) >= 11 is 12.4. The van der Waals surface area contributed by atoms with Gasteiger partial charge in [-0.15, -0.1) is 0 Å². The molecule has 0 saturated carbocycles. The van der Waals surface area contributed by atoms with Gasteiger partial charge in [-0.25, -0.2) is 4.98 Å². The molecular weight excluding hydrogens is 405 g/mol. The molecule has 0 aliphatic rings. The summed E-state index contributed by atoms with van der Waals surface area (Å²) in [5, 5.41) is 1.10. The third-order valence-electron chi connectivity index (χ3n) is 4.30. The van der Waals surface area contributed by atoms with Crippen LogP contribution in [0.1, 0.15) is 18.3 Å². The Morgan fingerprint density at radius 3 is 2.37 bits per heavy atom. The molecule has 1 heterocycles. The van der Waals surface area contributed by atoms with Crippen molar-refractivity contribution < 1.29 is 22.0 Å². The third-order valence-corrected chi connectivity index (χ3v) is 5.02. The molecule has 0 bridgehead atoms. The van der Waals surface area contributed by atoms with Crippen LogP contribution in [0.3, 0.4) is 0 Å². The summed E-state index contributed by atoms with van der Waals surface area (Å²) in [5.41, 5.74) is 3.11. The van der Waals surface area contributed by atoms with Gasteiger partial charge < -0.3 is 26.6 Å². The number of imidazole rings is 1. The van der Waals surface area contributed by atoms with Crippen LogP contribution < -0.4 is 22.0 Å². The van der Waals surface area contributed by atoms with Gasteiger partial charge in [0.15, 0.2) is 0 Å². The summed E-state index contributed by atoms with van der Waals surface area (Å²) in [5.74, 6) is 1.91. The maximum Gasteiger partial charge on any atom is 0.119 e. The number of rotatable bonds is 7. The van der Waals surface area contributed by atoms with Crippen molar-refractivity contribution in [3.8, 4) is 5.75 Å².